The lowest BCUT2D eigenvalue weighted by atomic mass is 10.00. The standard InChI is InChI=1S/C28H34FN5O2/c29-23-2-3-24-21(4-7-30-24)28(23)26-16-22-25(34-12-14-35-15-13-34)17-32(18-27(22)36-26)19-31-10-5-20(6-11-31)33-8-1-9-33/h2-4,7,16-17,20,30H,1,5-6,8-15,18-19H2. The van der Waals surface area contributed by atoms with Crippen molar-refractivity contribution in [2.45, 2.75) is 31.8 Å². The third kappa shape index (κ3) is 4.01. The Morgan fingerprint density at radius 3 is 2.61 bits per heavy atom. The van der Waals surface area contributed by atoms with Crippen LogP contribution in [0, 0.1) is 5.82 Å². The molecule has 0 atom stereocenters. The number of hydrogen-bond donors (Lipinski definition) is 1. The molecule has 4 aliphatic rings. The number of fused-ring (bicyclic) bond motifs is 2. The molecule has 6 heterocycles. The largest absolute Gasteiger partial charge is 0.458 e. The Morgan fingerprint density at radius 2 is 1.83 bits per heavy atom. The molecule has 0 aliphatic carbocycles. The molecule has 0 unspecified atom stereocenters. The van der Waals surface area contributed by atoms with Crippen LogP contribution in [0.3, 0.4) is 0 Å². The number of piperidine rings is 1. The molecule has 36 heavy (non-hydrogen) atoms. The van der Waals surface area contributed by atoms with Crippen molar-refractivity contribution in [3.05, 3.63) is 53.8 Å². The van der Waals surface area contributed by atoms with Gasteiger partial charge in [0.2, 0.25) is 0 Å². The molecular formula is C28H34FN5O2. The van der Waals surface area contributed by atoms with E-state index in [0.29, 0.717) is 17.9 Å². The number of aromatic amines is 1. The molecule has 7 nitrogen and oxygen atoms in total. The summed E-state index contributed by atoms with van der Waals surface area (Å²) < 4.78 is 27.1. The van der Waals surface area contributed by atoms with Gasteiger partial charge in [0, 0.05) is 61.1 Å². The molecule has 0 saturated carbocycles. The van der Waals surface area contributed by atoms with Crippen LogP contribution in [-0.4, -0.2) is 89.8 Å². The van der Waals surface area contributed by atoms with E-state index in [1.54, 1.807) is 6.07 Å². The highest BCUT2D eigenvalue weighted by molar-refractivity contribution is 5.94. The number of rotatable bonds is 5. The van der Waals surface area contributed by atoms with Crippen molar-refractivity contribution in [2.24, 2.45) is 0 Å². The SMILES string of the molecule is Fc1ccc2[nH]ccc2c1-c1cc2c(o1)CN(CN1CCC(N3CCC3)CC1)C=C2N1CCOCC1. The van der Waals surface area contributed by atoms with Crippen LogP contribution in [0.15, 0.2) is 41.1 Å². The Bertz CT molecular complexity index is 1260. The summed E-state index contributed by atoms with van der Waals surface area (Å²) in [6.07, 6.45) is 8.01. The monoisotopic (exact) mass is 491 g/mol. The van der Waals surface area contributed by atoms with E-state index < -0.39 is 0 Å². The normalized spacial score (nSPS) is 22.1. The van der Waals surface area contributed by atoms with Gasteiger partial charge in [-0.25, -0.2) is 4.39 Å². The Kier molecular flexibility index (Phi) is 5.75. The first-order valence-corrected chi connectivity index (χ1v) is 13.4. The summed E-state index contributed by atoms with van der Waals surface area (Å²) >= 11 is 0. The van der Waals surface area contributed by atoms with Gasteiger partial charge in [0.05, 0.1) is 37.7 Å². The fourth-order valence-corrected chi connectivity index (χ4v) is 6.25. The lowest BCUT2D eigenvalue weighted by Gasteiger charge is -2.44. The lowest BCUT2D eigenvalue weighted by molar-refractivity contribution is 0.0453. The third-order valence-corrected chi connectivity index (χ3v) is 8.36. The molecule has 0 amide bonds. The van der Waals surface area contributed by atoms with E-state index >= 15 is 4.39 Å². The Morgan fingerprint density at radius 1 is 1.00 bits per heavy atom. The Hall–Kier alpha value is -2.81. The van der Waals surface area contributed by atoms with Crippen molar-refractivity contribution in [3.63, 3.8) is 0 Å². The van der Waals surface area contributed by atoms with Crippen LogP contribution in [-0.2, 0) is 11.3 Å². The summed E-state index contributed by atoms with van der Waals surface area (Å²) in [5.41, 5.74) is 3.68. The van der Waals surface area contributed by atoms with Gasteiger partial charge in [-0.05, 0) is 56.6 Å². The van der Waals surface area contributed by atoms with E-state index in [9.17, 15) is 0 Å². The molecule has 190 valence electrons. The van der Waals surface area contributed by atoms with E-state index in [1.165, 1.54) is 38.4 Å². The van der Waals surface area contributed by atoms with Crippen molar-refractivity contribution in [1.82, 2.24) is 24.6 Å². The third-order valence-electron chi connectivity index (χ3n) is 8.36. The van der Waals surface area contributed by atoms with Gasteiger partial charge in [-0.2, -0.15) is 0 Å². The van der Waals surface area contributed by atoms with Crippen LogP contribution < -0.4 is 0 Å². The fraction of sp³-hybridized carbons (Fsp3) is 0.500. The number of hydrogen-bond acceptors (Lipinski definition) is 6. The second-order valence-electron chi connectivity index (χ2n) is 10.5. The first kappa shape index (κ1) is 22.4. The first-order valence-electron chi connectivity index (χ1n) is 13.4. The van der Waals surface area contributed by atoms with Gasteiger partial charge >= 0.3 is 0 Å². The summed E-state index contributed by atoms with van der Waals surface area (Å²) in [5, 5.41) is 0.847. The Balaban J connectivity index is 1.17. The molecule has 0 spiro atoms. The molecule has 3 aromatic rings. The van der Waals surface area contributed by atoms with Crippen molar-refractivity contribution in [1.29, 1.82) is 0 Å². The molecule has 8 heteroatoms. The predicted molar refractivity (Wildman–Crippen MR) is 138 cm³/mol. The van der Waals surface area contributed by atoms with Gasteiger partial charge < -0.3 is 28.8 Å². The molecule has 4 aliphatic heterocycles. The summed E-state index contributed by atoms with van der Waals surface area (Å²) in [4.78, 5) is 13.2. The lowest BCUT2D eigenvalue weighted by Crippen LogP contribution is -2.51. The van der Waals surface area contributed by atoms with Gasteiger partial charge in [0.25, 0.3) is 0 Å². The van der Waals surface area contributed by atoms with E-state index in [-0.39, 0.29) is 5.82 Å². The van der Waals surface area contributed by atoms with E-state index in [1.807, 2.05) is 18.3 Å². The number of halogens is 1. The zero-order valence-electron chi connectivity index (χ0n) is 20.7. The minimum atomic E-state index is -0.257. The molecule has 7 rings (SSSR count). The van der Waals surface area contributed by atoms with Gasteiger partial charge in [-0.15, -0.1) is 0 Å². The molecule has 1 aromatic carbocycles. The number of benzene rings is 1. The fourth-order valence-electron chi connectivity index (χ4n) is 6.25. The number of ether oxygens (including phenoxy) is 1. The summed E-state index contributed by atoms with van der Waals surface area (Å²) in [5.74, 6) is 1.25. The van der Waals surface area contributed by atoms with Crippen LogP contribution in [0.5, 0.6) is 0 Å². The van der Waals surface area contributed by atoms with Gasteiger partial charge in [0.1, 0.15) is 17.3 Å². The summed E-state index contributed by atoms with van der Waals surface area (Å²) in [6.45, 7) is 9.55. The maximum atomic E-state index is 15.1. The van der Waals surface area contributed by atoms with E-state index in [4.69, 9.17) is 9.15 Å². The molecular weight excluding hydrogens is 457 g/mol. The molecule has 3 saturated heterocycles. The first-order chi connectivity index (χ1) is 17.7. The summed E-state index contributed by atoms with van der Waals surface area (Å²) in [6, 6.07) is 8.02. The quantitative estimate of drug-likeness (QED) is 0.579. The molecule has 0 radical (unpaired) electrons. The van der Waals surface area contributed by atoms with Crippen LogP contribution in [0.1, 0.15) is 30.6 Å². The smallest absolute Gasteiger partial charge is 0.138 e. The van der Waals surface area contributed by atoms with Crippen molar-refractivity contribution >= 4 is 16.6 Å². The van der Waals surface area contributed by atoms with Gasteiger partial charge in [-0.1, -0.05) is 0 Å². The number of likely N-dealkylation sites (tertiary alicyclic amines) is 2. The maximum absolute atomic E-state index is 15.1. The number of nitrogens with one attached hydrogen (secondary N) is 1. The number of nitrogens with zero attached hydrogens (tertiary/aromatic N) is 4. The van der Waals surface area contributed by atoms with Crippen molar-refractivity contribution in [3.8, 4) is 11.3 Å². The van der Waals surface area contributed by atoms with Gasteiger partial charge in [0.15, 0.2) is 0 Å². The Labute approximate surface area is 211 Å². The molecule has 3 fully saturated rings. The van der Waals surface area contributed by atoms with Crippen molar-refractivity contribution < 1.29 is 13.5 Å². The van der Waals surface area contributed by atoms with E-state index in [0.717, 1.165) is 80.0 Å². The number of furan rings is 1. The second-order valence-corrected chi connectivity index (χ2v) is 10.5. The predicted octanol–water partition coefficient (Wildman–Crippen LogP) is 4.14. The second kappa shape index (κ2) is 9.25. The van der Waals surface area contributed by atoms with Crippen LogP contribution in [0.25, 0.3) is 27.9 Å². The molecule has 2 aromatic heterocycles. The number of H-pyrrole nitrogens is 1. The van der Waals surface area contributed by atoms with Crippen molar-refractivity contribution in [2.75, 3.05) is 59.2 Å². The topological polar surface area (TPSA) is 51.1 Å². The zero-order valence-corrected chi connectivity index (χ0v) is 20.7. The summed E-state index contributed by atoms with van der Waals surface area (Å²) in [7, 11) is 0. The average Bonchev–Trinajstić information content (AvgIpc) is 3.51. The van der Waals surface area contributed by atoms with Crippen LogP contribution in [0.4, 0.5) is 4.39 Å². The highest BCUT2D eigenvalue weighted by Gasteiger charge is 2.31. The average molecular weight is 492 g/mol. The minimum absolute atomic E-state index is 0.257. The van der Waals surface area contributed by atoms with Gasteiger partial charge in [-0.3, -0.25) is 4.90 Å². The highest BCUT2D eigenvalue weighted by atomic mass is 19.1. The maximum Gasteiger partial charge on any atom is 0.138 e. The number of morpholine rings is 1. The highest BCUT2D eigenvalue weighted by Crippen LogP contribution is 2.39. The minimum Gasteiger partial charge on any atom is -0.458 e. The van der Waals surface area contributed by atoms with Crippen LogP contribution >= 0.6 is 0 Å². The van der Waals surface area contributed by atoms with Crippen LogP contribution in [0.2, 0.25) is 0 Å². The number of aromatic nitrogens is 1. The molecule has 1 N–H and O–H groups in total. The van der Waals surface area contributed by atoms with E-state index in [2.05, 4.69) is 30.8 Å². The molecule has 0 bridgehead atoms. The zero-order chi connectivity index (χ0) is 24.1.